The number of aliphatic carboxylic acids is 1. The molecule has 1 aromatic rings. The molecule has 1 aromatic carbocycles. The van der Waals surface area contributed by atoms with Crippen LogP contribution in [0.3, 0.4) is 0 Å². The Hall–Kier alpha value is -2.11. The molecule has 1 aliphatic carbocycles. The number of methoxy groups -OCH3 is 1. The Morgan fingerprint density at radius 3 is 2.55 bits per heavy atom. The molecule has 1 saturated carbocycles. The molecule has 5 nitrogen and oxygen atoms in total. The van der Waals surface area contributed by atoms with Gasteiger partial charge in [-0.1, -0.05) is 0 Å². The van der Waals surface area contributed by atoms with Crippen molar-refractivity contribution in [2.75, 3.05) is 7.11 Å². The molecule has 20 heavy (non-hydrogen) atoms. The number of hydrogen-bond acceptors (Lipinski definition) is 3. The summed E-state index contributed by atoms with van der Waals surface area (Å²) in [5.74, 6) is -2.40. The lowest BCUT2D eigenvalue weighted by molar-refractivity contribution is -0.144. The van der Waals surface area contributed by atoms with Crippen LogP contribution in [0.15, 0.2) is 18.2 Å². The standard InChI is InChI=1S/C14H16FNO4/c1-14(13(18)19,9-4-5-9)16-12(17)8-3-6-11(20-2)10(15)7-8/h3,6-7,9H,4-5H2,1-2H3,(H,16,17)(H,18,19)/t14-/m0/s1. The van der Waals surface area contributed by atoms with Crippen molar-refractivity contribution in [2.24, 2.45) is 5.92 Å². The Morgan fingerprint density at radius 2 is 2.10 bits per heavy atom. The molecule has 1 amide bonds. The van der Waals surface area contributed by atoms with E-state index in [-0.39, 0.29) is 17.2 Å². The van der Waals surface area contributed by atoms with E-state index in [0.717, 1.165) is 18.9 Å². The van der Waals surface area contributed by atoms with Crippen molar-refractivity contribution in [1.82, 2.24) is 5.32 Å². The van der Waals surface area contributed by atoms with Gasteiger partial charge in [0.05, 0.1) is 7.11 Å². The van der Waals surface area contributed by atoms with Crippen LogP contribution < -0.4 is 10.1 Å². The summed E-state index contributed by atoms with van der Waals surface area (Å²) in [6.45, 7) is 1.48. The van der Waals surface area contributed by atoms with Crippen LogP contribution >= 0.6 is 0 Å². The quantitative estimate of drug-likeness (QED) is 0.863. The summed E-state index contributed by atoms with van der Waals surface area (Å²) in [6.07, 6.45) is 1.53. The van der Waals surface area contributed by atoms with Gasteiger partial charge in [0.1, 0.15) is 5.54 Å². The molecule has 108 valence electrons. The number of carboxylic acids is 1. The number of hydrogen-bond donors (Lipinski definition) is 2. The van der Waals surface area contributed by atoms with Gasteiger partial charge >= 0.3 is 5.97 Å². The summed E-state index contributed by atoms with van der Waals surface area (Å²) in [5.41, 5.74) is -1.25. The van der Waals surface area contributed by atoms with Gasteiger partial charge in [0, 0.05) is 5.56 Å². The third-order valence-electron chi connectivity index (χ3n) is 3.63. The van der Waals surface area contributed by atoms with E-state index in [4.69, 9.17) is 4.74 Å². The van der Waals surface area contributed by atoms with Gasteiger partial charge in [-0.2, -0.15) is 0 Å². The van der Waals surface area contributed by atoms with Crippen LogP contribution in [0.5, 0.6) is 5.75 Å². The minimum atomic E-state index is -1.31. The molecule has 2 rings (SSSR count). The van der Waals surface area contributed by atoms with Crippen LogP contribution in [0.4, 0.5) is 4.39 Å². The molecule has 0 radical (unpaired) electrons. The van der Waals surface area contributed by atoms with Gasteiger partial charge in [0.2, 0.25) is 0 Å². The number of nitrogens with one attached hydrogen (secondary N) is 1. The molecule has 0 unspecified atom stereocenters. The smallest absolute Gasteiger partial charge is 0.329 e. The average molecular weight is 281 g/mol. The first-order chi connectivity index (χ1) is 9.38. The van der Waals surface area contributed by atoms with Crippen molar-refractivity contribution >= 4 is 11.9 Å². The van der Waals surface area contributed by atoms with E-state index in [9.17, 15) is 19.1 Å². The second-order valence-corrected chi connectivity index (χ2v) is 5.09. The van der Waals surface area contributed by atoms with Gasteiger partial charge in [-0.05, 0) is 43.9 Å². The van der Waals surface area contributed by atoms with Gasteiger partial charge < -0.3 is 15.2 Å². The van der Waals surface area contributed by atoms with Crippen molar-refractivity contribution in [2.45, 2.75) is 25.3 Å². The molecule has 0 aromatic heterocycles. The van der Waals surface area contributed by atoms with Crippen LogP contribution in [-0.4, -0.2) is 29.6 Å². The fraction of sp³-hybridized carbons (Fsp3) is 0.429. The zero-order chi connectivity index (χ0) is 14.9. The lowest BCUT2D eigenvalue weighted by atomic mass is 9.95. The van der Waals surface area contributed by atoms with E-state index >= 15 is 0 Å². The Morgan fingerprint density at radius 1 is 1.45 bits per heavy atom. The second-order valence-electron chi connectivity index (χ2n) is 5.09. The van der Waals surface area contributed by atoms with Crippen LogP contribution in [-0.2, 0) is 4.79 Å². The Balaban J connectivity index is 2.19. The minimum absolute atomic E-state index is 0.0322. The molecule has 0 spiro atoms. The predicted octanol–water partition coefficient (Wildman–Crippen LogP) is 1.82. The number of carbonyl (C=O) groups excluding carboxylic acids is 1. The molecule has 2 N–H and O–H groups in total. The first-order valence-corrected chi connectivity index (χ1v) is 6.28. The van der Waals surface area contributed by atoms with Crippen molar-refractivity contribution in [1.29, 1.82) is 0 Å². The summed E-state index contributed by atoms with van der Waals surface area (Å²) in [4.78, 5) is 23.4. The molecule has 0 saturated heterocycles. The highest BCUT2D eigenvalue weighted by molar-refractivity contribution is 5.98. The predicted molar refractivity (Wildman–Crippen MR) is 69.2 cm³/mol. The van der Waals surface area contributed by atoms with Gasteiger partial charge in [0.15, 0.2) is 11.6 Å². The van der Waals surface area contributed by atoms with Crippen molar-refractivity contribution < 1.29 is 23.8 Å². The first kappa shape index (κ1) is 14.3. The van der Waals surface area contributed by atoms with E-state index in [1.807, 2.05) is 0 Å². The Bertz CT molecular complexity index is 556. The first-order valence-electron chi connectivity index (χ1n) is 6.28. The third kappa shape index (κ3) is 2.59. The number of rotatable bonds is 5. The molecule has 1 aliphatic rings. The fourth-order valence-electron chi connectivity index (χ4n) is 2.11. The third-order valence-corrected chi connectivity index (χ3v) is 3.63. The lowest BCUT2D eigenvalue weighted by Gasteiger charge is -2.26. The van der Waals surface area contributed by atoms with Crippen molar-refractivity contribution in [3.8, 4) is 5.75 Å². The topological polar surface area (TPSA) is 75.6 Å². The molecule has 1 atom stereocenters. The van der Waals surface area contributed by atoms with E-state index in [2.05, 4.69) is 5.32 Å². The highest BCUT2D eigenvalue weighted by Crippen LogP contribution is 2.39. The van der Waals surface area contributed by atoms with Crippen LogP contribution in [0.2, 0.25) is 0 Å². The Kier molecular flexibility index (Phi) is 3.65. The Labute approximate surface area is 115 Å². The maximum absolute atomic E-state index is 13.6. The van der Waals surface area contributed by atoms with E-state index in [0.29, 0.717) is 0 Å². The number of ether oxygens (including phenoxy) is 1. The maximum atomic E-state index is 13.6. The number of halogens is 1. The summed E-state index contributed by atoms with van der Waals surface area (Å²) in [5, 5.41) is 11.8. The van der Waals surface area contributed by atoms with Crippen LogP contribution in [0.25, 0.3) is 0 Å². The number of benzene rings is 1. The van der Waals surface area contributed by atoms with Gasteiger partial charge in [0.25, 0.3) is 5.91 Å². The van der Waals surface area contributed by atoms with Gasteiger partial charge in [-0.25, -0.2) is 9.18 Å². The normalized spacial score (nSPS) is 17.1. The number of carboxylic acid groups (broad SMARTS) is 1. The van der Waals surface area contributed by atoms with E-state index in [1.165, 1.54) is 26.2 Å². The molecular formula is C14H16FNO4. The average Bonchev–Trinajstić information content (AvgIpc) is 3.22. The monoisotopic (exact) mass is 281 g/mol. The van der Waals surface area contributed by atoms with E-state index < -0.39 is 23.2 Å². The molecule has 6 heteroatoms. The second kappa shape index (κ2) is 5.11. The molecule has 0 aliphatic heterocycles. The van der Waals surface area contributed by atoms with Crippen LogP contribution in [0.1, 0.15) is 30.1 Å². The van der Waals surface area contributed by atoms with Crippen LogP contribution in [0, 0.1) is 11.7 Å². The summed E-state index contributed by atoms with van der Waals surface area (Å²) in [6, 6.07) is 3.76. The highest BCUT2D eigenvalue weighted by Gasteiger charge is 2.48. The zero-order valence-corrected chi connectivity index (χ0v) is 11.3. The minimum Gasteiger partial charge on any atom is -0.494 e. The molecule has 1 fully saturated rings. The maximum Gasteiger partial charge on any atom is 0.329 e. The summed E-state index contributed by atoms with van der Waals surface area (Å²) < 4.78 is 18.3. The summed E-state index contributed by atoms with van der Waals surface area (Å²) >= 11 is 0. The molecule has 0 heterocycles. The lowest BCUT2D eigenvalue weighted by Crippen LogP contribution is -2.54. The number of amides is 1. The van der Waals surface area contributed by atoms with Gasteiger partial charge in [-0.3, -0.25) is 4.79 Å². The van der Waals surface area contributed by atoms with E-state index in [1.54, 1.807) is 0 Å². The molecule has 0 bridgehead atoms. The largest absolute Gasteiger partial charge is 0.494 e. The van der Waals surface area contributed by atoms with Gasteiger partial charge in [-0.15, -0.1) is 0 Å². The molecular weight excluding hydrogens is 265 g/mol. The highest BCUT2D eigenvalue weighted by atomic mass is 19.1. The fourth-order valence-corrected chi connectivity index (χ4v) is 2.11. The zero-order valence-electron chi connectivity index (χ0n) is 11.3. The SMILES string of the molecule is COc1ccc(C(=O)N[C@](C)(C(=O)O)C2CC2)cc1F. The van der Waals surface area contributed by atoms with Crippen molar-refractivity contribution in [3.05, 3.63) is 29.6 Å². The number of carbonyl (C=O) groups is 2. The summed E-state index contributed by atoms with van der Waals surface area (Å²) in [7, 11) is 1.33. The van der Waals surface area contributed by atoms with Crippen molar-refractivity contribution in [3.63, 3.8) is 0 Å².